The van der Waals surface area contributed by atoms with E-state index in [-0.39, 0.29) is 11.9 Å². The maximum Gasteiger partial charge on any atom is 0.321 e. The monoisotopic (exact) mass is 396 g/mol. The highest BCUT2D eigenvalue weighted by atomic mass is 16.5. The molecule has 0 spiro atoms. The molecule has 0 bridgehead atoms. The number of anilines is 1. The maximum absolute atomic E-state index is 12.6. The first kappa shape index (κ1) is 20.7. The van der Waals surface area contributed by atoms with Gasteiger partial charge in [0.05, 0.1) is 6.54 Å². The van der Waals surface area contributed by atoms with Crippen LogP contribution in [0.25, 0.3) is 0 Å². The molecular formula is C22H28N4O3. The first-order chi connectivity index (χ1) is 14.1. The van der Waals surface area contributed by atoms with Crippen molar-refractivity contribution in [2.45, 2.75) is 13.3 Å². The lowest BCUT2D eigenvalue weighted by Crippen LogP contribution is -2.52. The van der Waals surface area contributed by atoms with Gasteiger partial charge >= 0.3 is 6.03 Å². The van der Waals surface area contributed by atoms with Gasteiger partial charge < -0.3 is 20.3 Å². The summed E-state index contributed by atoms with van der Waals surface area (Å²) < 4.78 is 5.82. The number of nitrogens with zero attached hydrogens (tertiary/aromatic N) is 2. The molecule has 3 amide bonds. The second-order valence-corrected chi connectivity index (χ2v) is 6.99. The van der Waals surface area contributed by atoms with Crippen LogP contribution < -0.4 is 15.4 Å². The van der Waals surface area contributed by atoms with Gasteiger partial charge in [-0.25, -0.2) is 4.79 Å². The van der Waals surface area contributed by atoms with E-state index in [0.717, 1.165) is 12.2 Å². The van der Waals surface area contributed by atoms with Gasteiger partial charge in [-0.2, -0.15) is 0 Å². The zero-order chi connectivity index (χ0) is 20.5. The highest BCUT2D eigenvalue weighted by molar-refractivity contribution is 5.89. The number of hydrogen-bond donors (Lipinski definition) is 2. The van der Waals surface area contributed by atoms with E-state index in [1.54, 1.807) is 11.0 Å². The minimum atomic E-state index is -0.142. The SMILES string of the molecule is CCCNC(=O)CN1CCN(C(=O)Nc2cccc(Oc3ccccc3)c2)CC1. The average molecular weight is 396 g/mol. The minimum absolute atomic E-state index is 0.0417. The van der Waals surface area contributed by atoms with Crippen molar-refractivity contribution >= 4 is 17.6 Å². The Morgan fingerprint density at radius 2 is 1.69 bits per heavy atom. The molecule has 1 fully saturated rings. The predicted octanol–water partition coefficient (Wildman–Crippen LogP) is 3.15. The third kappa shape index (κ3) is 6.50. The molecule has 1 aliphatic rings. The van der Waals surface area contributed by atoms with Gasteiger partial charge in [0.25, 0.3) is 0 Å². The van der Waals surface area contributed by atoms with Crippen LogP contribution in [0.15, 0.2) is 54.6 Å². The van der Waals surface area contributed by atoms with Crippen molar-refractivity contribution < 1.29 is 14.3 Å². The van der Waals surface area contributed by atoms with E-state index in [9.17, 15) is 9.59 Å². The molecule has 0 aliphatic carbocycles. The molecule has 154 valence electrons. The van der Waals surface area contributed by atoms with Gasteiger partial charge in [-0.1, -0.05) is 31.2 Å². The Balaban J connectivity index is 1.47. The van der Waals surface area contributed by atoms with Gasteiger partial charge in [-0.3, -0.25) is 9.69 Å². The molecule has 2 aromatic rings. The van der Waals surface area contributed by atoms with Crippen LogP contribution in [0.3, 0.4) is 0 Å². The Morgan fingerprint density at radius 3 is 2.41 bits per heavy atom. The average Bonchev–Trinajstić information content (AvgIpc) is 2.74. The Labute approximate surface area is 171 Å². The Morgan fingerprint density at radius 1 is 0.966 bits per heavy atom. The summed E-state index contributed by atoms with van der Waals surface area (Å²) in [6.07, 6.45) is 0.928. The molecule has 1 aliphatic heterocycles. The largest absolute Gasteiger partial charge is 0.457 e. The van der Waals surface area contributed by atoms with Gasteiger partial charge in [-0.05, 0) is 30.7 Å². The summed E-state index contributed by atoms with van der Waals surface area (Å²) in [5.74, 6) is 1.45. The van der Waals surface area contributed by atoms with E-state index < -0.39 is 0 Å². The fraction of sp³-hybridized carbons (Fsp3) is 0.364. The maximum atomic E-state index is 12.6. The van der Waals surface area contributed by atoms with Crippen LogP contribution >= 0.6 is 0 Å². The van der Waals surface area contributed by atoms with Gasteiger partial charge in [0.2, 0.25) is 5.91 Å². The minimum Gasteiger partial charge on any atom is -0.457 e. The molecule has 0 saturated carbocycles. The normalized spacial score (nSPS) is 14.3. The van der Waals surface area contributed by atoms with Crippen molar-refractivity contribution in [3.63, 3.8) is 0 Å². The van der Waals surface area contributed by atoms with Crippen LogP contribution in [0.1, 0.15) is 13.3 Å². The number of carbonyl (C=O) groups excluding carboxylic acids is 2. The van der Waals surface area contributed by atoms with E-state index in [2.05, 4.69) is 15.5 Å². The van der Waals surface area contributed by atoms with Gasteiger partial charge in [-0.15, -0.1) is 0 Å². The van der Waals surface area contributed by atoms with Gasteiger partial charge in [0.15, 0.2) is 0 Å². The molecule has 0 unspecified atom stereocenters. The Kier molecular flexibility index (Phi) is 7.47. The van der Waals surface area contributed by atoms with E-state index in [4.69, 9.17) is 4.74 Å². The molecule has 2 aromatic carbocycles. The Bertz CT molecular complexity index is 805. The first-order valence-corrected chi connectivity index (χ1v) is 10.0. The van der Waals surface area contributed by atoms with Crippen molar-refractivity contribution in [2.24, 2.45) is 0 Å². The molecular weight excluding hydrogens is 368 g/mol. The van der Waals surface area contributed by atoms with E-state index >= 15 is 0 Å². The number of para-hydroxylation sites is 1. The molecule has 7 heteroatoms. The van der Waals surface area contributed by atoms with Crippen LogP contribution in [-0.4, -0.2) is 61.0 Å². The summed E-state index contributed by atoms with van der Waals surface area (Å²) in [6.45, 7) is 5.66. The second kappa shape index (κ2) is 10.5. The number of carbonyl (C=O) groups is 2. The fourth-order valence-electron chi connectivity index (χ4n) is 3.10. The number of piperazine rings is 1. The third-order valence-electron chi connectivity index (χ3n) is 4.66. The zero-order valence-corrected chi connectivity index (χ0v) is 16.8. The molecule has 2 N–H and O–H groups in total. The molecule has 1 heterocycles. The van der Waals surface area contributed by atoms with E-state index in [1.807, 2.05) is 55.5 Å². The lowest BCUT2D eigenvalue weighted by Gasteiger charge is -2.34. The Hall–Kier alpha value is -3.06. The summed E-state index contributed by atoms with van der Waals surface area (Å²) in [5, 5.41) is 5.81. The first-order valence-electron chi connectivity index (χ1n) is 10.0. The summed E-state index contributed by atoms with van der Waals surface area (Å²) in [4.78, 5) is 28.3. The summed E-state index contributed by atoms with van der Waals surface area (Å²) in [6, 6.07) is 16.7. The third-order valence-corrected chi connectivity index (χ3v) is 4.66. The van der Waals surface area contributed by atoms with Gasteiger partial charge in [0, 0.05) is 44.5 Å². The smallest absolute Gasteiger partial charge is 0.321 e. The standard InChI is InChI=1S/C22H28N4O3/c1-2-11-23-21(27)17-25-12-14-26(15-13-25)22(28)24-18-7-6-10-20(16-18)29-19-8-4-3-5-9-19/h3-10,16H,2,11-15,17H2,1H3,(H,23,27)(H,24,28). The molecule has 3 rings (SSSR count). The fourth-order valence-corrected chi connectivity index (χ4v) is 3.10. The van der Waals surface area contributed by atoms with Crippen molar-refractivity contribution in [3.05, 3.63) is 54.6 Å². The number of nitrogens with one attached hydrogen (secondary N) is 2. The molecule has 29 heavy (non-hydrogen) atoms. The topological polar surface area (TPSA) is 73.9 Å². The van der Waals surface area contributed by atoms with Crippen molar-refractivity contribution in [1.82, 2.24) is 15.1 Å². The number of urea groups is 1. The molecule has 7 nitrogen and oxygen atoms in total. The van der Waals surface area contributed by atoms with Crippen LogP contribution in [0.2, 0.25) is 0 Å². The number of amides is 3. The van der Waals surface area contributed by atoms with Crippen LogP contribution in [-0.2, 0) is 4.79 Å². The zero-order valence-electron chi connectivity index (χ0n) is 16.8. The highest BCUT2D eigenvalue weighted by Crippen LogP contribution is 2.24. The van der Waals surface area contributed by atoms with Crippen molar-refractivity contribution in [2.75, 3.05) is 44.6 Å². The lowest BCUT2D eigenvalue weighted by atomic mass is 10.3. The van der Waals surface area contributed by atoms with Crippen LogP contribution in [0, 0.1) is 0 Å². The van der Waals surface area contributed by atoms with Crippen LogP contribution in [0.5, 0.6) is 11.5 Å². The van der Waals surface area contributed by atoms with Crippen molar-refractivity contribution in [1.29, 1.82) is 0 Å². The number of hydrogen-bond acceptors (Lipinski definition) is 4. The number of benzene rings is 2. The molecule has 0 radical (unpaired) electrons. The quantitative estimate of drug-likeness (QED) is 0.754. The lowest BCUT2D eigenvalue weighted by molar-refractivity contribution is -0.122. The molecule has 0 aromatic heterocycles. The van der Waals surface area contributed by atoms with E-state index in [0.29, 0.717) is 50.7 Å². The van der Waals surface area contributed by atoms with Crippen LogP contribution in [0.4, 0.5) is 10.5 Å². The predicted molar refractivity (Wildman–Crippen MR) is 113 cm³/mol. The van der Waals surface area contributed by atoms with Gasteiger partial charge in [0.1, 0.15) is 11.5 Å². The summed E-state index contributed by atoms with van der Waals surface area (Å²) in [7, 11) is 0. The molecule has 1 saturated heterocycles. The van der Waals surface area contributed by atoms with E-state index in [1.165, 1.54) is 0 Å². The molecule has 0 atom stereocenters. The number of ether oxygens (including phenoxy) is 1. The summed E-state index contributed by atoms with van der Waals surface area (Å²) >= 11 is 0. The van der Waals surface area contributed by atoms with Crippen molar-refractivity contribution in [3.8, 4) is 11.5 Å². The second-order valence-electron chi connectivity index (χ2n) is 6.99. The summed E-state index contributed by atoms with van der Waals surface area (Å²) in [5.41, 5.74) is 0.685. The number of rotatable bonds is 7. The highest BCUT2D eigenvalue weighted by Gasteiger charge is 2.22.